The first-order chi connectivity index (χ1) is 9.96. The third kappa shape index (κ3) is 3.32. The molecule has 0 aromatic heterocycles. The Morgan fingerprint density at radius 3 is 2.48 bits per heavy atom. The number of anilines is 1. The molecule has 1 unspecified atom stereocenters. The molecule has 0 aliphatic carbocycles. The van der Waals surface area contributed by atoms with Gasteiger partial charge in [0.2, 0.25) is 5.91 Å². The van der Waals surface area contributed by atoms with E-state index < -0.39 is 0 Å². The van der Waals surface area contributed by atoms with Crippen LogP contribution in [0.2, 0.25) is 0 Å². The minimum Gasteiger partial charge on any atom is -0.493 e. The van der Waals surface area contributed by atoms with E-state index in [-0.39, 0.29) is 16.3 Å². The Balaban J connectivity index is 2.29. The first-order valence-electron chi connectivity index (χ1n) is 6.66. The summed E-state index contributed by atoms with van der Waals surface area (Å²) in [7, 11) is 3.15. The minimum atomic E-state index is 0.0162. The van der Waals surface area contributed by atoms with Crippen LogP contribution in [0.4, 0.5) is 5.69 Å². The van der Waals surface area contributed by atoms with Crippen LogP contribution < -0.4 is 14.4 Å². The van der Waals surface area contributed by atoms with Gasteiger partial charge >= 0.3 is 0 Å². The molecule has 2 rings (SSSR count). The van der Waals surface area contributed by atoms with Crippen molar-refractivity contribution in [1.82, 2.24) is 0 Å². The highest BCUT2D eigenvalue weighted by Crippen LogP contribution is 2.37. The van der Waals surface area contributed by atoms with Gasteiger partial charge in [-0.05, 0) is 18.6 Å². The number of nitrogens with zero attached hydrogens (tertiary/aromatic N) is 1. The van der Waals surface area contributed by atoms with Crippen LogP contribution in [-0.4, -0.2) is 37.0 Å². The van der Waals surface area contributed by atoms with Gasteiger partial charge in [-0.1, -0.05) is 11.8 Å². The number of amides is 1. The summed E-state index contributed by atoms with van der Waals surface area (Å²) in [6.07, 6.45) is 0.387. The highest BCUT2D eigenvalue weighted by atomic mass is 32.2. The lowest BCUT2D eigenvalue weighted by molar-refractivity contribution is -0.117. The summed E-state index contributed by atoms with van der Waals surface area (Å²) >= 11 is 1.23. The number of aryl methyl sites for hydroxylation is 1. The van der Waals surface area contributed by atoms with Crippen LogP contribution in [0.1, 0.15) is 18.9 Å². The molecule has 1 fully saturated rings. The smallest absolute Gasteiger partial charge is 0.228 e. The number of benzene rings is 1. The van der Waals surface area contributed by atoms with Crippen molar-refractivity contribution in [1.29, 1.82) is 0 Å². The van der Waals surface area contributed by atoms with Gasteiger partial charge in [-0.3, -0.25) is 9.59 Å². The molecule has 0 spiro atoms. The molecule has 1 saturated heterocycles. The van der Waals surface area contributed by atoms with E-state index in [1.54, 1.807) is 19.1 Å². The number of ether oxygens (including phenoxy) is 2. The van der Waals surface area contributed by atoms with E-state index in [9.17, 15) is 9.59 Å². The van der Waals surface area contributed by atoms with Gasteiger partial charge in [-0.15, -0.1) is 0 Å². The molecular weight excluding hydrogens is 290 g/mol. The van der Waals surface area contributed by atoms with Gasteiger partial charge in [0.15, 0.2) is 16.6 Å². The van der Waals surface area contributed by atoms with Crippen molar-refractivity contribution in [2.45, 2.75) is 25.5 Å². The Hall–Kier alpha value is -1.69. The number of carbonyl (C=O) groups excluding carboxylic acids is 2. The van der Waals surface area contributed by atoms with E-state index in [0.717, 1.165) is 11.3 Å². The summed E-state index contributed by atoms with van der Waals surface area (Å²) in [5, 5.41) is 0.0566. The normalized spacial score (nSPS) is 18.0. The van der Waals surface area contributed by atoms with Crippen LogP contribution >= 0.6 is 11.8 Å². The third-order valence-corrected chi connectivity index (χ3v) is 4.40. The molecule has 1 aromatic rings. The second-order valence-electron chi connectivity index (χ2n) is 4.93. The van der Waals surface area contributed by atoms with E-state index in [4.69, 9.17) is 9.47 Å². The molecule has 0 bridgehead atoms. The highest BCUT2D eigenvalue weighted by molar-refractivity contribution is 8.14. The van der Waals surface area contributed by atoms with Gasteiger partial charge in [-0.25, -0.2) is 0 Å². The van der Waals surface area contributed by atoms with Gasteiger partial charge in [0.05, 0.1) is 19.9 Å². The van der Waals surface area contributed by atoms with E-state index in [0.29, 0.717) is 24.5 Å². The minimum absolute atomic E-state index is 0.0162. The fourth-order valence-electron chi connectivity index (χ4n) is 2.48. The summed E-state index contributed by atoms with van der Waals surface area (Å²) in [4.78, 5) is 25.1. The summed E-state index contributed by atoms with van der Waals surface area (Å²) in [5.74, 6) is 1.26. The average Bonchev–Trinajstić information content (AvgIpc) is 2.78. The Morgan fingerprint density at radius 1 is 1.29 bits per heavy atom. The predicted molar refractivity (Wildman–Crippen MR) is 83.3 cm³/mol. The maximum atomic E-state index is 12.2. The SMILES string of the molecule is COc1cc(C)c(N2CC(SC(C)=O)CC2=O)cc1OC. The molecule has 0 saturated carbocycles. The molecule has 1 aliphatic rings. The molecule has 6 heteroatoms. The molecular formula is C15H19NO4S. The first-order valence-corrected chi connectivity index (χ1v) is 7.54. The molecule has 1 aromatic carbocycles. The fraction of sp³-hybridized carbons (Fsp3) is 0.467. The molecule has 1 heterocycles. The largest absolute Gasteiger partial charge is 0.493 e. The average molecular weight is 309 g/mol. The van der Waals surface area contributed by atoms with Crippen LogP contribution in [0.5, 0.6) is 11.5 Å². The third-order valence-electron chi connectivity index (χ3n) is 3.42. The second-order valence-corrected chi connectivity index (χ2v) is 6.41. The van der Waals surface area contributed by atoms with E-state index in [1.165, 1.54) is 18.7 Å². The van der Waals surface area contributed by atoms with E-state index >= 15 is 0 Å². The van der Waals surface area contributed by atoms with Crippen LogP contribution in [0.15, 0.2) is 12.1 Å². The molecule has 1 aliphatic heterocycles. The van der Waals surface area contributed by atoms with Gasteiger partial charge in [-0.2, -0.15) is 0 Å². The second kappa shape index (κ2) is 6.39. The van der Waals surface area contributed by atoms with Gasteiger partial charge in [0.25, 0.3) is 0 Å². The molecule has 21 heavy (non-hydrogen) atoms. The first kappa shape index (κ1) is 15.7. The number of hydrogen-bond acceptors (Lipinski definition) is 5. The zero-order chi connectivity index (χ0) is 15.6. The molecule has 114 valence electrons. The Kier molecular flexibility index (Phi) is 4.77. The zero-order valence-corrected chi connectivity index (χ0v) is 13.5. The van der Waals surface area contributed by atoms with Crippen LogP contribution in [-0.2, 0) is 9.59 Å². The van der Waals surface area contributed by atoms with E-state index in [2.05, 4.69) is 0 Å². The number of thioether (sulfide) groups is 1. The quantitative estimate of drug-likeness (QED) is 0.855. The van der Waals surface area contributed by atoms with Crippen molar-refractivity contribution in [3.05, 3.63) is 17.7 Å². The number of rotatable bonds is 4. The van der Waals surface area contributed by atoms with Crippen molar-refractivity contribution in [3.8, 4) is 11.5 Å². The van der Waals surface area contributed by atoms with Gasteiger partial charge in [0, 0.05) is 31.2 Å². The Bertz CT molecular complexity index is 573. The van der Waals surface area contributed by atoms with Crippen LogP contribution in [0.3, 0.4) is 0 Å². The number of hydrogen-bond donors (Lipinski definition) is 0. The van der Waals surface area contributed by atoms with Crippen molar-refractivity contribution in [2.24, 2.45) is 0 Å². The predicted octanol–water partition coefficient (Wildman–Crippen LogP) is 2.40. The monoisotopic (exact) mass is 309 g/mol. The van der Waals surface area contributed by atoms with Gasteiger partial charge < -0.3 is 14.4 Å². The number of methoxy groups -OCH3 is 2. The molecule has 1 atom stereocenters. The van der Waals surface area contributed by atoms with Crippen molar-refractivity contribution in [3.63, 3.8) is 0 Å². The van der Waals surface area contributed by atoms with E-state index in [1.807, 2.05) is 19.1 Å². The van der Waals surface area contributed by atoms with Crippen molar-refractivity contribution in [2.75, 3.05) is 25.7 Å². The molecule has 1 amide bonds. The maximum Gasteiger partial charge on any atom is 0.228 e. The summed E-state index contributed by atoms with van der Waals surface area (Å²) in [6.45, 7) is 3.99. The summed E-state index contributed by atoms with van der Waals surface area (Å²) < 4.78 is 10.6. The molecule has 5 nitrogen and oxygen atoms in total. The summed E-state index contributed by atoms with van der Waals surface area (Å²) in [6, 6.07) is 3.67. The fourth-order valence-corrected chi connectivity index (χ4v) is 3.40. The molecule has 0 radical (unpaired) electrons. The van der Waals surface area contributed by atoms with Crippen molar-refractivity contribution < 1.29 is 19.1 Å². The van der Waals surface area contributed by atoms with Crippen LogP contribution in [0.25, 0.3) is 0 Å². The summed E-state index contributed by atoms with van der Waals surface area (Å²) in [5.41, 5.74) is 1.75. The van der Waals surface area contributed by atoms with Gasteiger partial charge in [0.1, 0.15) is 0 Å². The Morgan fingerprint density at radius 2 is 1.90 bits per heavy atom. The molecule has 0 N–H and O–H groups in total. The lowest BCUT2D eigenvalue weighted by atomic mass is 10.1. The number of carbonyl (C=O) groups is 2. The lowest BCUT2D eigenvalue weighted by Gasteiger charge is -2.21. The lowest BCUT2D eigenvalue weighted by Crippen LogP contribution is -2.25. The highest BCUT2D eigenvalue weighted by Gasteiger charge is 2.33. The van der Waals surface area contributed by atoms with Crippen molar-refractivity contribution >= 4 is 28.5 Å². The standard InChI is InChI=1S/C15H19NO4S/c1-9-5-13(19-3)14(20-4)7-12(9)16-8-11(6-15(16)18)21-10(2)17/h5,7,11H,6,8H2,1-4H3. The Labute approximate surface area is 128 Å². The topological polar surface area (TPSA) is 55.8 Å². The zero-order valence-electron chi connectivity index (χ0n) is 12.6. The maximum absolute atomic E-state index is 12.2. The van der Waals surface area contributed by atoms with Crippen LogP contribution in [0, 0.1) is 6.92 Å².